The molecule has 3 aromatic rings. The highest BCUT2D eigenvalue weighted by atomic mass is 31.2. The molecule has 14 nitrogen and oxygen atoms in total. The number of aromatic nitrogens is 4. The largest absolute Gasteiger partial charge is 0.468 e. The fourth-order valence-electron chi connectivity index (χ4n) is 3.83. The van der Waals surface area contributed by atoms with Crippen LogP contribution in [0.1, 0.15) is 20.1 Å². The predicted molar refractivity (Wildman–Crippen MR) is 129 cm³/mol. The Morgan fingerprint density at radius 3 is 2.73 bits per heavy atom. The Labute approximate surface area is 210 Å². The van der Waals surface area contributed by atoms with Crippen molar-refractivity contribution in [2.24, 2.45) is 0 Å². The number of imidazole rings is 1. The van der Waals surface area contributed by atoms with Crippen molar-refractivity contribution in [1.29, 1.82) is 0 Å². The van der Waals surface area contributed by atoms with E-state index in [1.165, 1.54) is 37.1 Å². The van der Waals surface area contributed by atoms with Crippen LogP contribution in [0.2, 0.25) is 0 Å². The number of para-hydroxylation sites is 1. The van der Waals surface area contributed by atoms with Gasteiger partial charge in [0.15, 0.2) is 23.4 Å². The number of anilines is 2. The van der Waals surface area contributed by atoms with E-state index in [2.05, 4.69) is 24.8 Å². The minimum absolute atomic E-state index is 0.00922. The summed E-state index contributed by atoms with van der Waals surface area (Å²) in [6.45, 7) is 1.95. The number of nitrogens with one attached hydrogen (secondary N) is 1. The van der Waals surface area contributed by atoms with Crippen LogP contribution in [-0.2, 0) is 23.4 Å². The van der Waals surface area contributed by atoms with E-state index in [9.17, 15) is 14.5 Å². The lowest BCUT2D eigenvalue weighted by Gasteiger charge is -2.25. The van der Waals surface area contributed by atoms with Crippen molar-refractivity contribution >= 4 is 36.6 Å². The summed E-state index contributed by atoms with van der Waals surface area (Å²) in [5, 5.41) is 13.2. The summed E-state index contributed by atoms with van der Waals surface area (Å²) in [5.74, 6) is -0.710. The predicted octanol–water partition coefficient (Wildman–Crippen LogP) is 1.33. The highest BCUT2D eigenvalue weighted by Gasteiger charge is 2.56. The van der Waals surface area contributed by atoms with Crippen LogP contribution in [0.25, 0.3) is 11.2 Å². The molecule has 6 atom stereocenters. The standard InChI is InChI=1S/C21H27FN7O7P/c1-11(18(31)33-3)28-37(32,36-12-7-5-4-6-8-12)34-9-13-15(30)21(2,22)19(35-13)29-10-25-14-16(23)26-20(24)27-17(14)29/h4-8,10-11,13,15,19,30H,9H2,1-3H3,(H,28,32)(H4,23,24,26,27)/t11-,13+,15+,19+,21+,37+/m0/s1. The lowest BCUT2D eigenvalue weighted by Crippen LogP contribution is -2.41. The topological polar surface area (TPSA) is 199 Å². The lowest BCUT2D eigenvalue weighted by molar-refractivity contribution is -0.142. The van der Waals surface area contributed by atoms with Gasteiger partial charge in [0.25, 0.3) is 0 Å². The maximum atomic E-state index is 15.8. The minimum Gasteiger partial charge on any atom is -0.468 e. The van der Waals surface area contributed by atoms with E-state index in [4.69, 9.17) is 25.3 Å². The van der Waals surface area contributed by atoms with Crippen molar-refractivity contribution in [3.8, 4) is 5.75 Å². The van der Waals surface area contributed by atoms with Gasteiger partial charge in [-0.05, 0) is 26.0 Å². The van der Waals surface area contributed by atoms with Gasteiger partial charge < -0.3 is 30.6 Å². The van der Waals surface area contributed by atoms with Crippen molar-refractivity contribution in [3.63, 3.8) is 0 Å². The van der Waals surface area contributed by atoms with Gasteiger partial charge in [0.05, 0.1) is 20.0 Å². The first-order valence-corrected chi connectivity index (χ1v) is 12.6. The maximum Gasteiger partial charge on any atom is 0.459 e. The summed E-state index contributed by atoms with van der Waals surface area (Å²) in [5.41, 5.74) is 9.40. The van der Waals surface area contributed by atoms with Gasteiger partial charge in [0, 0.05) is 0 Å². The van der Waals surface area contributed by atoms with E-state index in [1.807, 2.05) is 0 Å². The Balaban J connectivity index is 1.56. The number of aliphatic hydroxyl groups is 1. The number of hydrogen-bond donors (Lipinski definition) is 4. The van der Waals surface area contributed by atoms with Crippen LogP contribution in [0.4, 0.5) is 16.2 Å². The molecule has 3 heterocycles. The molecule has 1 aromatic carbocycles. The van der Waals surface area contributed by atoms with Gasteiger partial charge in [-0.1, -0.05) is 18.2 Å². The number of alkyl halides is 1. The second kappa shape index (κ2) is 10.2. The van der Waals surface area contributed by atoms with Gasteiger partial charge in [0.2, 0.25) is 5.95 Å². The molecule has 16 heteroatoms. The Kier molecular flexibility index (Phi) is 7.35. The molecular formula is C21H27FN7O7P. The number of carbonyl (C=O) groups excluding carboxylic acids is 1. The van der Waals surface area contributed by atoms with E-state index >= 15 is 4.39 Å². The number of nitrogen functional groups attached to an aromatic ring is 2. The van der Waals surface area contributed by atoms with Crippen molar-refractivity contribution in [2.45, 2.75) is 44.0 Å². The lowest BCUT2D eigenvalue weighted by atomic mass is 9.98. The third-order valence-electron chi connectivity index (χ3n) is 5.72. The van der Waals surface area contributed by atoms with Gasteiger partial charge in [0.1, 0.15) is 29.5 Å². The summed E-state index contributed by atoms with van der Waals surface area (Å²) in [7, 11) is -3.09. The Morgan fingerprint density at radius 2 is 2.05 bits per heavy atom. The van der Waals surface area contributed by atoms with E-state index < -0.39 is 50.5 Å². The van der Waals surface area contributed by atoms with Gasteiger partial charge in [-0.15, -0.1) is 0 Å². The zero-order valence-corrected chi connectivity index (χ0v) is 21.0. The molecule has 0 radical (unpaired) electrons. The van der Waals surface area contributed by atoms with Crippen LogP contribution >= 0.6 is 7.75 Å². The molecule has 2 aromatic heterocycles. The van der Waals surface area contributed by atoms with E-state index in [1.54, 1.807) is 18.2 Å². The number of aliphatic hydroxyl groups excluding tert-OH is 1. The highest BCUT2D eigenvalue weighted by Crippen LogP contribution is 2.48. The Bertz CT molecular complexity index is 1330. The molecule has 37 heavy (non-hydrogen) atoms. The number of rotatable bonds is 9. The summed E-state index contributed by atoms with van der Waals surface area (Å²) in [4.78, 5) is 23.9. The molecule has 0 bridgehead atoms. The van der Waals surface area contributed by atoms with Crippen molar-refractivity contribution < 1.29 is 37.4 Å². The number of fused-ring (bicyclic) bond motifs is 1. The molecule has 4 rings (SSSR count). The monoisotopic (exact) mass is 539 g/mol. The molecule has 0 saturated carbocycles. The maximum absolute atomic E-state index is 15.8. The average Bonchev–Trinajstić information content (AvgIpc) is 3.36. The molecule has 1 fully saturated rings. The first-order chi connectivity index (χ1) is 17.4. The number of nitrogens with zero attached hydrogens (tertiary/aromatic N) is 4. The molecule has 6 N–H and O–H groups in total. The molecule has 0 amide bonds. The first-order valence-electron chi connectivity index (χ1n) is 11.1. The number of halogens is 1. The van der Waals surface area contributed by atoms with Gasteiger partial charge >= 0.3 is 13.7 Å². The van der Waals surface area contributed by atoms with Crippen molar-refractivity contribution in [2.75, 3.05) is 25.2 Å². The van der Waals surface area contributed by atoms with Gasteiger partial charge in [-0.3, -0.25) is 13.9 Å². The third-order valence-corrected chi connectivity index (χ3v) is 7.36. The van der Waals surface area contributed by atoms with E-state index in [0.717, 1.165) is 6.92 Å². The van der Waals surface area contributed by atoms with Gasteiger partial charge in [-0.2, -0.15) is 15.1 Å². The molecular weight excluding hydrogens is 512 g/mol. The third kappa shape index (κ3) is 5.36. The second-order valence-electron chi connectivity index (χ2n) is 8.49. The summed E-state index contributed by atoms with van der Waals surface area (Å²) < 4.78 is 52.0. The fourth-order valence-corrected chi connectivity index (χ4v) is 5.33. The first kappa shape index (κ1) is 26.7. The smallest absolute Gasteiger partial charge is 0.459 e. The van der Waals surface area contributed by atoms with Crippen LogP contribution in [0.3, 0.4) is 0 Å². The average molecular weight is 539 g/mol. The molecule has 0 unspecified atom stereocenters. The Hall–Kier alpha value is -3.36. The summed E-state index contributed by atoms with van der Waals surface area (Å²) in [6, 6.07) is 6.98. The molecule has 0 aliphatic carbocycles. The summed E-state index contributed by atoms with van der Waals surface area (Å²) >= 11 is 0. The zero-order chi connectivity index (χ0) is 27.0. The molecule has 1 saturated heterocycles. The number of esters is 1. The van der Waals surface area contributed by atoms with Crippen LogP contribution in [0.15, 0.2) is 36.7 Å². The normalized spacial score (nSPS) is 26.0. The van der Waals surface area contributed by atoms with E-state index in [0.29, 0.717) is 0 Å². The van der Waals surface area contributed by atoms with E-state index in [-0.39, 0.29) is 28.7 Å². The van der Waals surface area contributed by atoms with Crippen molar-refractivity contribution in [3.05, 3.63) is 36.7 Å². The highest BCUT2D eigenvalue weighted by molar-refractivity contribution is 7.52. The molecule has 0 spiro atoms. The molecule has 1 aliphatic heterocycles. The number of nitrogens with two attached hydrogens (primary N) is 2. The second-order valence-corrected chi connectivity index (χ2v) is 10.2. The summed E-state index contributed by atoms with van der Waals surface area (Å²) in [6.07, 6.45) is -3.23. The van der Waals surface area contributed by atoms with Crippen LogP contribution < -0.4 is 21.1 Å². The molecule has 200 valence electrons. The van der Waals surface area contributed by atoms with Crippen molar-refractivity contribution in [1.82, 2.24) is 24.6 Å². The Morgan fingerprint density at radius 1 is 1.35 bits per heavy atom. The van der Waals surface area contributed by atoms with Crippen LogP contribution in [0, 0.1) is 0 Å². The number of carbonyl (C=O) groups is 1. The quantitative estimate of drug-likeness (QED) is 0.224. The minimum atomic E-state index is -4.25. The van der Waals surface area contributed by atoms with Gasteiger partial charge in [-0.25, -0.2) is 13.9 Å². The zero-order valence-electron chi connectivity index (χ0n) is 20.1. The van der Waals surface area contributed by atoms with Crippen LogP contribution in [-0.4, -0.2) is 68.2 Å². The fraction of sp³-hybridized carbons (Fsp3) is 0.429. The number of hydrogen-bond acceptors (Lipinski definition) is 12. The number of methoxy groups -OCH3 is 1. The van der Waals surface area contributed by atoms with Crippen LogP contribution in [0.5, 0.6) is 5.75 Å². The molecule has 1 aliphatic rings. The number of ether oxygens (including phenoxy) is 2. The SMILES string of the molecule is COC(=O)[C@H](C)N[P@@](=O)(OC[C@H]1O[C@@H](n2cnc3c(N)nc(N)nc32)[C@](C)(F)[C@@H]1O)Oc1ccccc1. The number of benzene rings is 1.